The minimum Gasteiger partial charge on any atom is -0.491 e. The summed E-state index contributed by atoms with van der Waals surface area (Å²) in [6, 6.07) is 18.1. The predicted octanol–water partition coefficient (Wildman–Crippen LogP) is 4.36. The number of aliphatic hydroxyl groups excluding tert-OH is 1. The maximum atomic E-state index is 11.7. The molecule has 1 N–H and O–H groups in total. The van der Waals surface area contributed by atoms with E-state index in [1.165, 1.54) is 0 Å². The first-order chi connectivity index (χ1) is 47.4. The number of hydrogen-bond acceptors (Lipinski definition) is 28. The summed E-state index contributed by atoms with van der Waals surface area (Å²) in [5.74, 6) is 3.46. The van der Waals surface area contributed by atoms with Gasteiger partial charge in [-0.2, -0.15) is 0 Å². The van der Waals surface area contributed by atoms with E-state index in [2.05, 4.69) is 51.1 Å². The van der Waals surface area contributed by atoms with Gasteiger partial charge in [0.15, 0.2) is 0 Å². The van der Waals surface area contributed by atoms with Gasteiger partial charge in [-0.3, -0.25) is 14.7 Å². The zero-order valence-corrected chi connectivity index (χ0v) is 57.8. The van der Waals surface area contributed by atoms with Crippen molar-refractivity contribution in [3.63, 3.8) is 0 Å². The van der Waals surface area contributed by atoms with Gasteiger partial charge in [0.25, 0.3) is 0 Å². The maximum Gasteiger partial charge on any atom is 0.123 e. The van der Waals surface area contributed by atoms with E-state index in [-0.39, 0.29) is 46.2 Å². The quantitative estimate of drug-likeness (QED) is 0.0771. The lowest BCUT2D eigenvalue weighted by atomic mass is 9.76. The first-order valence-electron chi connectivity index (χ1n) is 33.4. The summed E-state index contributed by atoms with van der Waals surface area (Å²) in [7, 11) is 9.84. The lowest BCUT2D eigenvalue weighted by Gasteiger charge is -2.70. The minimum absolute atomic E-state index is 0.0757. The molecule has 0 atom stereocenters. The van der Waals surface area contributed by atoms with Gasteiger partial charge in [0.1, 0.15) is 74.1 Å². The highest BCUT2D eigenvalue weighted by Crippen LogP contribution is 2.59. The zero-order valence-electron chi connectivity index (χ0n) is 57.8. The Morgan fingerprint density at radius 1 is 0.250 bits per heavy atom. The van der Waals surface area contributed by atoms with Crippen LogP contribution in [-0.2, 0) is 85.3 Å². The monoisotopic (exact) mass is 1370 g/mol. The summed E-state index contributed by atoms with van der Waals surface area (Å²) in [6.45, 7) is 15.7. The van der Waals surface area contributed by atoms with E-state index in [0.29, 0.717) is 252 Å². The molecule has 7 rings (SSSR count). The Morgan fingerprint density at radius 2 is 0.406 bits per heavy atom. The van der Waals surface area contributed by atoms with Crippen LogP contribution in [0.4, 0.5) is 0 Å². The number of ether oxygens (including phenoxy) is 24. The molecule has 28 nitrogen and oxygen atoms in total. The average Bonchev–Trinajstić information content (AvgIpc) is 0.693. The van der Waals surface area contributed by atoms with Gasteiger partial charge in [0.2, 0.25) is 0 Å². The van der Waals surface area contributed by atoms with E-state index in [1.807, 2.05) is 18.2 Å². The molecule has 4 fully saturated rings. The molecule has 0 amide bonds. The molecule has 28 heteroatoms. The Bertz CT molecular complexity index is 2040. The maximum absolute atomic E-state index is 11.7. The van der Waals surface area contributed by atoms with Crippen LogP contribution in [0.2, 0.25) is 0 Å². The highest BCUT2D eigenvalue weighted by molar-refractivity contribution is 5.46. The van der Waals surface area contributed by atoms with Crippen LogP contribution in [0.3, 0.4) is 0 Å². The Hall–Kier alpha value is -4.42. The third-order valence-corrected chi connectivity index (χ3v) is 15.2. The molecule has 3 aromatic carbocycles. The lowest BCUT2D eigenvalue weighted by Crippen LogP contribution is -2.75. The molecule has 96 heavy (non-hydrogen) atoms. The highest BCUT2D eigenvalue weighted by atomic mass is 16.6. The second-order valence-corrected chi connectivity index (χ2v) is 22.4. The van der Waals surface area contributed by atoms with E-state index in [0.717, 1.165) is 16.7 Å². The average molecular weight is 1370 g/mol. The number of benzene rings is 3. The highest BCUT2D eigenvalue weighted by Gasteiger charge is 2.61. The zero-order chi connectivity index (χ0) is 67.8. The molecule has 4 bridgehead atoms. The van der Waals surface area contributed by atoms with Gasteiger partial charge in [-0.25, -0.2) is 0 Å². The molecular formula is C68H111N3O25. The van der Waals surface area contributed by atoms with E-state index in [1.54, 1.807) is 42.7 Å². The molecule has 0 aliphatic carbocycles. The molecule has 0 unspecified atom stereocenters. The van der Waals surface area contributed by atoms with Gasteiger partial charge in [0.05, 0.1) is 223 Å². The molecule has 3 aromatic rings. The molecule has 4 aliphatic rings. The number of hydrogen-bond donors (Lipinski definition) is 1. The van der Waals surface area contributed by atoms with E-state index in [9.17, 15) is 5.11 Å². The first-order valence-corrected chi connectivity index (χ1v) is 33.4. The van der Waals surface area contributed by atoms with Crippen LogP contribution in [0.5, 0.6) is 34.5 Å². The molecule has 0 saturated carbocycles. The molecule has 0 spiro atoms. The smallest absolute Gasteiger partial charge is 0.123 e. The fourth-order valence-corrected chi connectivity index (χ4v) is 10.9. The third kappa shape index (κ3) is 30.6. The number of rotatable bonds is 64. The van der Waals surface area contributed by atoms with Gasteiger partial charge in [-0.15, -0.1) is 0 Å². The fraction of sp³-hybridized carbons (Fsp3) is 0.735. The Kier molecular flexibility index (Phi) is 42.7. The SMILES string of the molecule is COCCOCCOCCOc1cc(OCCOCCOCCOC)cc(C2N3CC4(CO)CN2C(c2cc(OCCOCCOCCOC)cc(OCCOCCOCCOC)c2)N(C4)C3c2cc(OCCOCCOCCOC)cc(OCCOCCOCCOC)c2)c1. The van der Waals surface area contributed by atoms with E-state index in [4.69, 9.17) is 114 Å². The van der Waals surface area contributed by atoms with Crippen molar-refractivity contribution in [1.29, 1.82) is 0 Å². The van der Waals surface area contributed by atoms with Crippen molar-refractivity contribution >= 4 is 0 Å². The van der Waals surface area contributed by atoms with Crippen LogP contribution >= 0.6 is 0 Å². The second-order valence-electron chi connectivity index (χ2n) is 22.4. The van der Waals surface area contributed by atoms with Gasteiger partial charge in [0, 0.05) is 85.9 Å². The van der Waals surface area contributed by atoms with Crippen LogP contribution in [0.25, 0.3) is 0 Å². The van der Waals surface area contributed by atoms with Crippen molar-refractivity contribution in [2.45, 2.75) is 18.5 Å². The Morgan fingerprint density at radius 3 is 0.562 bits per heavy atom. The Balaban J connectivity index is 1.40. The van der Waals surface area contributed by atoms with E-state index < -0.39 is 23.9 Å². The molecule has 4 heterocycles. The van der Waals surface area contributed by atoms with Crippen LogP contribution in [0, 0.1) is 5.41 Å². The van der Waals surface area contributed by atoms with Gasteiger partial charge < -0.3 is 119 Å². The number of methoxy groups -OCH3 is 6. The van der Waals surface area contributed by atoms with Crippen molar-refractivity contribution in [1.82, 2.24) is 14.7 Å². The van der Waals surface area contributed by atoms with Crippen LogP contribution in [-0.4, -0.2) is 327 Å². The summed E-state index contributed by atoms with van der Waals surface area (Å²) in [5.41, 5.74) is 2.09. The second kappa shape index (κ2) is 50.8. The molecule has 548 valence electrons. The first kappa shape index (κ1) is 80.6. The van der Waals surface area contributed by atoms with Crippen LogP contribution in [0.15, 0.2) is 54.6 Å². The van der Waals surface area contributed by atoms with Crippen molar-refractivity contribution in [2.24, 2.45) is 5.41 Å². The number of aliphatic hydroxyl groups is 1. The lowest BCUT2D eigenvalue weighted by molar-refractivity contribution is -0.291. The Labute approximate surface area is 568 Å². The molecule has 4 saturated heterocycles. The minimum atomic E-state index is -0.572. The van der Waals surface area contributed by atoms with Crippen LogP contribution in [0.1, 0.15) is 35.2 Å². The molecule has 4 aliphatic heterocycles. The topological polar surface area (TPSA) is 251 Å². The largest absolute Gasteiger partial charge is 0.491 e. The molecule has 0 aromatic heterocycles. The third-order valence-electron chi connectivity index (χ3n) is 15.2. The fourth-order valence-electron chi connectivity index (χ4n) is 10.9. The van der Waals surface area contributed by atoms with Crippen molar-refractivity contribution in [3.05, 3.63) is 71.3 Å². The normalized spacial score (nSPS) is 19.5. The summed E-state index contributed by atoms with van der Waals surface area (Å²) >= 11 is 0. The van der Waals surface area contributed by atoms with Crippen molar-refractivity contribution in [2.75, 3.05) is 307 Å². The summed E-state index contributed by atoms with van der Waals surface area (Å²) in [4.78, 5) is 7.32. The van der Waals surface area contributed by atoms with Crippen LogP contribution < -0.4 is 28.4 Å². The number of nitrogens with zero attached hydrogens (tertiary/aromatic N) is 3. The van der Waals surface area contributed by atoms with Gasteiger partial charge >= 0.3 is 0 Å². The van der Waals surface area contributed by atoms with Crippen molar-refractivity contribution < 1.29 is 119 Å². The van der Waals surface area contributed by atoms with E-state index >= 15 is 0 Å². The molecule has 0 radical (unpaired) electrons. The molecular weight excluding hydrogens is 1260 g/mol. The summed E-state index contributed by atoms with van der Waals surface area (Å²) in [5, 5.41) is 11.7. The van der Waals surface area contributed by atoms with Gasteiger partial charge in [-0.05, 0) is 53.1 Å². The summed E-state index contributed by atoms with van der Waals surface area (Å²) in [6.07, 6.45) is -1.36. The predicted molar refractivity (Wildman–Crippen MR) is 351 cm³/mol. The van der Waals surface area contributed by atoms with Gasteiger partial charge in [-0.1, -0.05) is 0 Å². The van der Waals surface area contributed by atoms with Crippen molar-refractivity contribution in [3.8, 4) is 34.5 Å². The standard InChI is InChI=1S/C68H111N3O25/c1-73-7-13-79-19-25-85-31-37-91-59-43-56(44-60(49-59)92-38-32-86-26-20-80-14-8-74-2)65-69-52-68(55-72)53-70(65)67(58-47-63(95-41-35-89-29-23-83-17-11-77-5)51-64(48-58)96-42-36-90-30-24-84-18-12-78-6)71(54-68)66(69)57-45-61(93-39-33-87-27-21-81-15-9-75-3)50-62(46-57)94-40-34-88-28-22-82-16-10-76-4/h43-51,65-67,72H,7-42,52-55H2,1-6H3. The summed E-state index contributed by atoms with van der Waals surface area (Å²) < 4.78 is 139.